The molecular formula is C17H23NO2. The zero-order valence-corrected chi connectivity index (χ0v) is 12.3. The number of amides is 1. The van der Waals surface area contributed by atoms with Crippen molar-refractivity contribution in [1.29, 1.82) is 0 Å². The summed E-state index contributed by atoms with van der Waals surface area (Å²) in [5.74, 6) is 0.861. The van der Waals surface area contributed by atoms with Gasteiger partial charge in [0.2, 0.25) is 5.91 Å². The molecule has 3 nitrogen and oxygen atoms in total. The Labute approximate surface area is 121 Å². The van der Waals surface area contributed by atoms with Crippen molar-refractivity contribution < 1.29 is 9.53 Å². The van der Waals surface area contributed by atoms with Gasteiger partial charge >= 0.3 is 0 Å². The average molecular weight is 273 g/mol. The van der Waals surface area contributed by atoms with Gasteiger partial charge in [0.05, 0.1) is 7.11 Å². The third kappa shape index (κ3) is 3.62. The summed E-state index contributed by atoms with van der Waals surface area (Å²) in [6.45, 7) is 0. The van der Waals surface area contributed by atoms with Crippen molar-refractivity contribution in [3.63, 3.8) is 0 Å². The van der Waals surface area contributed by atoms with Crippen LogP contribution in [0.1, 0.15) is 37.7 Å². The summed E-state index contributed by atoms with van der Waals surface area (Å²) >= 11 is 0. The quantitative estimate of drug-likeness (QED) is 0.786. The van der Waals surface area contributed by atoms with Crippen LogP contribution in [0, 0.1) is 0 Å². The van der Waals surface area contributed by atoms with Gasteiger partial charge in [0.1, 0.15) is 5.75 Å². The second kappa shape index (κ2) is 7.13. The van der Waals surface area contributed by atoms with E-state index in [-0.39, 0.29) is 5.91 Å². The fraction of sp³-hybridized carbons (Fsp3) is 0.471. The Hall–Kier alpha value is -1.77. The summed E-state index contributed by atoms with van der Waals surface area (Å²) in [6.07, 6.45) is 9.51. The Balaban J connectivity index is 2.00. The summed E-state index contributed by atoms with van der Waals surface area (Å²) in [6, 6.07) is 8.11. The lowest BCUT2D eigenvalue weighted by Gasteiger charge is -2.30. The molecule has 3 heteroatoms. The van der Waals surface area contributed by atoms with Crippen LogP contribution in [0.2, 0.25) is 0 Å². The molecule has 0 aromatic heterocycles. The third-order valence-electron chi connectivity index (χ3n) is 4.01. The maximum absolute atomic E-state index is 12.2. The lowest BCUT2D eigenvalue weighted by molar-refractivity contribution is -0.127. The van der Waals surface area contributed by atoms with Crippen molar-refractivity contribution in [3.8, 4) is 5.75 Å². The molecule has 1 aliphatic carbocycles. The first kappa shape index (κ1) is 14.6. The number of carbonyl (C=O) groups excluding carboxylic acids is 1. The third-order valence-corrected chi connectivity index (χ3v) is 4.01. The lowest BCUT2D eigenvalue weighted by Crippen LogP contribution is -2.37. The van der Waals surface area contributed by atoms with E-state index in [4.69, 9.17) is 4.74 Å². The molecule has 1 aromatic rings. The number of benzene rings is 1. The second-order valence-electron chi connectivity index (χ2n) is 5.32. The molecule has 108 valence electrons. The van der Waals surface area contributed by atoms with Crippen LogP contribution >= 0.6 is 0 Å². The first-order valence-corrected chi connectivity index (χ1v) is 7.30. The molecule has 1 amide bonds. The van der Waals surface area contributed by atoms with E-state index in [2.05, 4.69) is 0 Å². The van der Waals surface area contributed by atoms with Gasteiger partial charge in [-0.05, 0) is 25.0 Å². The minimum Gasteiger partial charge on any atom is -0.496 e. The number of hydrogen-bond acceptors (Lipinski definition) is 2. The van der Waals surface area contributed by atoms with Crippen LogP contribution in [0.15, 0.2) is 30.3 Å². The van der Waals surface area contributed by atoms with Crippen molar-refractivity contribution in [3.05, 3.63) is 35.9 Å². The van der Waals surface area contributed by atoms with Crippen molar-refractivity contribution in [2.45, 2.75) is 38.1 Å². The highest BCUT2D eigenvalue weighted by Crippen LogP contribution is 2.22. The van der Waals surface area contributed by atoms with Crippen molar-refractivity contribution >= 4 is 12.0 Å². The van der Waals surface area contributed by atoms with Gasteiger partial charge < -0.3 is 9.64 Å². The monoisotopic (exact) mass is 273 g/mol. The Morgan fingerprint density at radius 2 is 1.95 bits per heavy atom. The number of nitrogens with zero attached hydrogens (tertiary/aromatic N) is 1. The number of methoxy groups -OCH3 is 1. The SMILES string of the molecule is COc1ccccc1/C=C/C(=O)N(C)C1CCCCC1. The Morgan fingerprint density at radius 3 is 2.65 bits per heavy atom. The molecule has 20 heavy (non-hydrogen) atoms. The van der Waals surface area contributed by atoms with E-state index in [0.717, 1.165) is 24.2 Å². The standard InChI is InChI=1S/C17H23NO2/c1-18(15-9-4-3-5-10-15)17(19)13-12-14-8-6-7-11-16(14)20-2/h6-8,11-13,15H,3-5,9-10H2,1-2H3/b13-12+. The van der Waals surface area contributed by atoms with Crippen LogP contribution in [0.5, 0.6) is 5.75 Å². The molecule has 0 bridgehead atoms. The molecule has 0 spiro atoms. The van der Waals surface area contributed by atoms with Crippen LogP contribution in [-0.2, 0) is 4.79 Å². The number of carbonyl (C=O) groups is 1. The van der Waals surface area contributed by atoms with E-state index in [0.29, 0.717) is 6.04 Å². The highest BCUT2D eigenvalue weighted by molar-refractivity contribution is 5.92. The molecule has 1 aromatic carbocycles. The van der Waals surface area contributed by atoms with Crippen LogP contribution < -0.4 is 4.74 Å². The normalized spacial score (nSPS) is 16.3. The molecule has 0 aliphatic heterocycles. The van der Waals surface area contributed by atoms with Gasteiger partial charge in [0, 0.05) is 24.7 Å². The molecule has 0 unspecified atom stereocenters. The van der Waals surface area contributed by atoms with Crippen LogP contribution in [0.4, 0.5) is 0 Å². The molecule has 1 fully saturated rings. The number of rotatable bonds is 4. The zero-order valence-electron chi connectivity index (χ0n) is 12.3. The summed E-state index contributed by atoms with van der Waals surface area (Å²) in [7, 11) is 3.55. The molecule has 0 atom stereocenters. The van der Waals surface area contributed by atoms with Gasteiger partial charge in [-0.2, -0.15) is 0 Å². The average Bonchev–Trinajstić information content (AvgIpc) is 2.53. The molecule has 0 saturated heterocycles. The van der Waals surface area contributed by atoms with Gasteiger partial charge in [-0.1, -0.05) is 37.5 Å². The smallest absolute Gasteiger partial charge is 0.246 e. The first-order valence-electron chi connectivity index (χ1n) is 7.30. The lowest BCUT2D eigenvalue weighted by atomic mass is 9.94. The van der Waals surface area contributed by atoms with Crippen molar-refractivity contribution in [1.82, 2.24) is 4.90 Å². The fourth-order valence-corrected chi connectivity index (χ4v) is 2.73. The van der Waals surface area contributed by atoms with Crippen LogP contribution in [0.25, 0.3) is 6.08 Å². The number of hydrogen-bond donors (Lipinski definition) is 0. The first-order chi connectivity index (χ1) is 9.72. The minimum atomic E-state index is 0.0720. The number of ether oxygens (including phenoxy) is 1. The van der Waals surface area contributed by atoms with Gasteiger partial charge in [0.25, 0.3) is 0 Å². The molecule has 1 saturated carbocycles. The second-order valence-corrected chi connectivity index (χ2v) is 5.32. The predicted molar refractivity (Wildman–Crippen MR) is 81.7 cm³/mol. The number of para-hydroxylation sites is 1. The summed E-state index contributed by atoms with van der Waals surface area (Å²) in [5, 5.41) is 0. The zero-order chi connectivity index (χ0) is 14.4. The summed E-state index contributed by atoms with van der Waals surface area (Å²) < 4.78 is 5.28. The Bertz CT molecular complexity index is 476. The molecule has 0 heterocycles. The van der Waals surface area contributed by atoms with Gasteiger partial charge in [-0.25, -0.2) is 0 Å². The van der Waals surface area contributed by atoms with E-state index in [1.807, 2.05) is 42.3 Å². The van der Waals surface area contributed by atoms with Crippen LogP contribution in [0.3, 0.4) is 0 Å². The van der Waals surface area contributed by atoms with Gasteiger partial charge in [0.15, 0.2) is 0 Å². The molecule has 0 N–H and O–H groups in total. The van der Waals surface area contributed by atoms with E-state index in [1.165, 1.54) is 19.3 Å². The molecule has 2 rings (SSSR count). The molecule has 1 aliphatic rings. The predicted octanol–water partition coefficient (Wildman–Crippen LogP) is 3.50. The van der Waals surface area contributed by atoms with E-state index in [9.17, 15) is 4.79 Å². The highest BCUT2D eigenvalue weighted by Gasteiger charge is 2.20. The maximum atomic E-state index is 12.2. The maximum Gasteiger partial charge on any atom is 0.246 e. The van der Waals surface area contributed by atoms with Crippen molar-refractivity contribution in [2.24, 2.45) is 0 Å². The number of likely N-dealkylation sites (N-methyl/N-ethyl adjacent to an activating group) is 1. The van der Waals surface area contributed by atoms with E-state index in [1.54, 1.807) is 13.2 Å². The van der Waals surface area contributed by atoms with Crippen molar-refractivity contribution in [2.75, 3.05) is 14.2 Å². The largest absolute Gasteiger partial charge is 0.496 e. The summed E-state index contributed by atoms with van der Waals surface area (Å²) in [4.78, 5) is 14.1. The van der Waals surface area contributed by atoms with E-state index >= 15 is 0 Å². The summed E-state index contributed by atoms with van der Waals surface area (Å²) in [5.41, 5.74) is 0.931. The Kier molecular flexibility index (Phi) is 5.22. The van der Waals surface area contributed by atoms with Crippen LogP contribution in [-0.4, -0.2) is 31.0 Å². The van der Waals surface area contributed by atoms with E-state index < -0.39 is 0 Å². The topological polar surface area (TPSA) is 29.5 Å². The minimum absolute atomic E-state index is 0.0720. The molecular weight excluding hydrogens is 250 g/mol. The Morgan fingerprint density at radius 1 is 1.25 bits per heavy atom. The fourth-order valence-electron chi connectivity index (χ4n) is 2.73. The van der Waals surface area contributed by atoms with Gasteiger partial charge in [-0.15, -0.1) is 0 Å². The molecule has 0 radical (unpaired) electrons. The van der Waals surface area contributed by atoms with Gasteiger partial charge in [-0.3, -0.25) is 4.79 Å². The highest BCUT2D eigenvalue weighted by atomic mass is 16.5.